The summed E-state index contributed by atoms with van der Waals surface area (Å²) in [5.41, 5.74) is 6.68. The molecule has 2 aromatic rings. The van der Waals surface area contributed by atoms with E-state index in [0.29, 0.717) is 31.6 Å². The number of anilines is 1. The molecular weight excluding hydrogens is 390 g/mol. The summed E-state index contributed by atoms with van der Waals surface area (Å²) in [7, 11) is 0. The predicted octanol–water partition coefficient (Wildman–Crippen LogP) is 1.72. The number of likely N-dealkylation sites (tertiary alicyclic amines) is 1. The maximum absolute atomic E-state index is 12.4. The van der Waals surface area contributed by atoms with Crippen LogP contribution in [0.4, 0.5) is 5.69 Å². The zero-order valence-electron chi connectivity index (χ0n) is 16.6. The third-order valence-electron chi connectivity index (χ3n) is 5.04. The second kappa shape index (κ2) is 9.25. The van der Waals surface area contributed by atoms with Crippen molar-refractivity contribution in [2.24, 2.45) is 11.7 Å². The first kappa shape index (κ1) is 21.1. The Morgan fingerprint density at radius 1 is 1.20 bits per heavy atom. The number of hydrogen-bond donors (Lipinski definition) is 2. The maximum atomic E-state index is 12.4. The van der Waals surface area contributed by atoms with Gasteiger partial charge in [0.2, 0.25) is 5.91 Å². The Hall–Kier alpha value is -3.62. The standard InChI is InChI=1S/C21H23N3O6/c1-13-4-5-15(11-16(13)23-20(27)17-3-2-10-29-17)21(28)30-12-18(25)24-8-6-14(7-9-24)19(22)26/h2-5,10-11,14H,6-9,12H2,1H3,(H2,22,26)(H,23,27). The van der Waals surface area contributed by atoms with Gasteiger partial charge in [0.1, 0.15) is 0 Å². The molecule has 0 bridgehead atoms. The summed E-state index contributed by atoms with van der Waals surface area (Å²) >= 11 is 0. The number of primary amides is 1. The number of rotatable bonds is 6. The normalized spacial score (nSPS) is 14.2. The van der Waals surface area contributed by atoms with Crippen LogP contribution in [0.15, 0.2) is 41.0 Å². The minimum Gasteiger partial charge on any atom is -0.459 e. The molecule has 1 fully saturated rings. The monoisotopic (exact) mass is 413 g/mol. The Morgan fingerprint density at radius 2 is 1.93 bits per heavy atom. The van der Waals surface area contributed by atoms with Crippen LogP contribution in [0.5, 0.6) is 0 Å². The molecular formula is C21H23N3O6. The number of nitrogens with zero attached hydrogens (tertiary/aromatic N) is 1. The van der Waals surface area contributed by atoms with E-state index in [2.05, 4.69) is 5.32 Å². The van der Waals surface area contributed by atoms with Gasteiger partial charge in [-0.25, -0.2) is 4.79 Å². The summed E-state index contributed by atoms with van der Waals surface area (Å²) in [6.45, 7) is 2.18. The minimum absolute atomic E-state index is 0.146. The summed E-state index contributed by atoms with van der Waals surface area (Å²) in [5, 5.41) is 2.68. The molecule has 0 atom stereocenters. The van der Waals surface area contributed by atoms with E-state index in [1.54, 1.807) is 30.0 Å². The van der Waals surface area contributed by atoms with Crippen molar-refractivity contribution < 1.29 is 28.3 Å². The summed E-state index contributed by atoms with van der Waals surface area (Å²) in [5.74, 6) is -1.88. The zero-order valence-corrected chi connectivity index (χ0v) is 16.6. The fraction of sp³-hybridized carbons (Fsp3) is 0.333. The predicted molar refractivity (Wildman–Crippen MR) is 107 cm³/mol. The summed E-state index contributed by atoms with van der Waals surface area (Å²) in [6, 6.07) is 7.85. The largest absolute Gasteiger partial charge is 0.459 e. The lowest BCUT2D eigenvalue weighted by Gasteiger charge is -2.30. The van der Waals surface area contributed by atoms with Gasteiger partial charge in [0.25, 0.3) is 11.8 Å². The first-order chi connectivity index (χ1) is 14.3. The molecule has 0 aliphatic carbocycles. The number of nitrogens with two attached hydrogens (primary N) is 1. The van der Waals surface area contributed by atoms with E-state index in [4.69, 9.17) is 14.9 Å². The number of amides is 3. The summed E-state index contributed by atoms with van der Waals surface area (Å²) in [6.07, 6.45) is 2.40. The van der Waals surface area contributed by atoms with Crippen LogP contribution in [-0.2, 0) is 14.3 Å². The zero-order chi connectivity index (χ0) is 21.7. The Kier molecular flexibility index (Phi) is 6.51. The fourth-order valence-corrected chi connectivity index (χ4v) is 3.19. The number of carbonyl (C=O) groups is 4. The first-order valence-electron chi connectivity index (χ1n) is 9.55. The molecule has 30 heavy (non-hydrogen) atoms. The lowest BCUT2D eigenvalue weighted by Crippen LogP contribution is -2.43. The summed E-state index contributed by atoms with van der Waals surface area (Å²) < 4.78 is 10.2. The molecule has 158 valence electrons. The molecule has 9 nitrogen and oxygen atoms in total. The van der Waals surface area contributed by atoms with Crippen molar-refractivity contribution in [3.8, 4) is 0 Å². The molecule has 0 spiro atoms. The van der Waals surface area contributed by atoms with Crippen molar-refractivity contribution in [2.75, 3.05) is 25.0 Å². The number of ether oxygens (including phenoxy) is 1. The highest BCUT2D eigenvalue weighted by atomic mass is 16.5. The van der Waals surface area contributed by atoms with E-state index in [-0.39, 0.29) is 29.1 Å². The molecule has 9 heteroatoms. The number of piperidine rings is 1. The second-order valence-corrected chi connectivity index (χ2v) is 7.09. The molecule has 1 aromatic carbocycles. The third-order valence-corrected chi connectivity index (χ3v) is 5.04. The highest BCUT2D eigenvalue weighted by Crippen LogP contribution is 2.20. The van der Waals surface area contributed by atoms with Crippen molar-refractivity contribution >= 4 is 29.4 Å². The lowest BCUT2D eigenvalue weighted by atomic mass is 9.96. The van der Waals surface area contributed by atoms with Gasteiger partial charge in [-0.2, -0.15) is 0 Å². The topological polar surface area (TPSA) is 132 Å². The van der Waals surface area contributed by atoms with Crippen molar-refractivity contribution in [1.82, 2.24) is 4.90 Å². The van der Waals surface area contributed by atoms with Gasteiger partial charge in [-0.3, -0.25) is 14.4 Å². The number of aryl methyl sites for hydroxylation is 1. The highest BCUT2D eigenvalue weighted by molar-refractivity contribution is 6.03. The molecule has 3 rings (SSSR count). The minimum atomic E-state index is -0.677. The molecule has 1 aliphatic heterocycles. The van der Waals surface area contributed by atoms with Crippen LogP contribution in [0.3, 0.4) is 0 Å². The summed E-state index contributed by atoms with van der Waals surface area (Å²) in [4.78, 5) is 49.6. The molecule has 1 aliphatic rings. The van der Waals surface area contributed by atoms with Crippen LogP contribution < -0.4 is 11.1 Å². The van der Waals surface area contributed by atoms with E-state index in [9.17, 15) is 19.2 Å². The molecule has 0 saturated carbocycles. The quantitative estimate of drug-likeness (QED) is 0.693. The number of esters is 1. The van der Waals surface area contributed by atoms with E-state index in [1.165, 1.54) is 18.4 Å². The molecule has 1 aromatic heterocycles. The van der Waals surface area contributed by atoms with Gasteiger partial charge in [0.05, 0.1) is 11.8 Å². The Labute approximate surface area is 173 Å². The van der Waals surface area contributed by atoms with E-state index >= 15 is 0 Å². The van der Waals surface area contributed by atoms with Crippen LogP contribution in [0, 0.1) is 12.8 Å². The SMILES string of the molecule is Cc1ccc(C(=O)OCC(=O)N2CCC(C(N)=O)CC2)cc1NC(=O)c1ccco1. The van der Waals surface area contributed by atoms with Crippen LogP contribution in [0.1, 0.15) is 39.3 Å². The second-order valence-electron chi connectivity index (χ2n) is 7.09. The molecule has 3 N–H and O–H groups in total. The van der Waals surface area contributed by atoms with Crippen molar-refractivity contribution in [3.05, 3.63) is 53.5 Å². The van der Waals surface area contributed by atoms with Crippen molar-refractivity contribution in [1.29, 1.82) is 0 Å². The van der Waals surface area contributed by atoms with Gasteiger partial charge >= 0.3 is 5.97 Å². The van der Waals surface area contributed by atoms with Gasteiger partial charge in [-0.1, -0.05) is 6.07 Å². The molecule has 2 heterocycles. The lowest BCUT2D eigenvalue weighted by molar-refractivity contribution is -0.137. The van der Waals surface area contributed by atoms with Crippen LogP contribution in [-0.4, -0.2) is 48.3 Å². The van der Waals surface area contributed by atoms with Gasteiger partial charge in [0, 0.05) is 24.7 Å². The number of hydrogen-bond acceptors (Lipinski definition) is 6. The third kappa shape index (κ3) is 5.05. The number of furan rings is 1. The van der Waals surface area contributed by atoms with E-state index in [1.807, 2.05) is 0 Å². The Bertz CT molecular complexity index is 946. The highest BCUT2D eigenvalue weighted by Gasteiger charge is 2.26. The van der Waals surface area contributed by atoms with Crippen molar-refractivity contribution in [3.63, 3.8) is 0 Å². The number of carbonyl (C=O) groups excluding carboxylic acids is 4. The smallest absolute Gasteiger partial charge is 0.338 e. The van der Waals surface area contributed by atoms with Gasteiger partial charge in [-0.05, 0) is 49.6 Å². The average molecular weight is 413 g/mol. The van der Waals surface area contributed by atoms with Crippen LogP contribution >= 0.6 is 0 Å². The van der Waals surface area contributed by atoms with Gasteiger partial charge in [-0.15, -0.1) is 0 Å². The number of nitrogens with one attached hydrogen (secondary N) is 1. The van der Waals surface area contributed by atoms with Crippen LogP contribution in [0.25, 0.3) is 0 Å². The van der Waals surface area contributed by atoms with Gasteiger partial charge in [0.15, 0.2) is 12.4 Å². The first-order valence-corrected chi connectivity index (χ1v) is 9.55. The van der Waals surface area contributed by atoms with E-state index in [0.717, 1.165) is 5.56 Å². The molecule has 3 amide bonds. The average Bonchev–Trinajstić information content (AvgIpc) is 3.28. The molecule has 1 saturated heterocycles. The molecule has 0 radical (unpaired) electrons. The molecule has 0 unspecified atom stereocenters. The van der Waals surface area contributed by atoms with Crippen LogP contribution in [0.2, 0.25) is 0 Å². The van der Waals surface area contributed by atoms with E-state index < -0.39 is 18.5 Å². The Balaban J connectivity index is 1.56. The number of benzene rings is 1. The van der Waals surface area contributed by atoms with Gasteiger partial charge < -0.3 is 25.1 Å². The maximum Gasteiger partial charge on any atom is 0.338 e. The fourth-order valence-electron chi connectivity index (χ4n) is 3.19. The Morgan fingerprint density at radius 3 is 2.57 bits per heavy atom. The van der Waals surface area contributed by atoms with Crippen molar-refractivity contribution in [2.45, 2.75) is 19.8 Å².